The minimum absolute atomic E-state index is 0.401. The molecule has 0 saturated carbocycles. The molecule has 5 aromatic rings. The first-order chi connectivity index (χ1) is 10.7. The lowest BCUT2D eigenvalue weighted by molar-refractivity contribution is 0.489. The summed E-state index contributed by atoms with van der Waals surface area (Å²) in [6.45, 7) is 0. The molecule has 0 aliphatic heterocycles. The van der Waals surface area contributed by atoms with E-state index in [2.05, 4.69) is 0 Å². The zero-order valence-corrected chi connectivity index (χ0v) is 11.3. The Kier molecular flexibility index (Phi) is 1.96. The Balaban J connectivity index is 2.27. The van der Waals surface area contributed by atoms with Gasteiger partial charge in [-0.3, -0.25) is 0 Å². The molecule has 4 nitrogen and oxygen atoms in total. The van der Waals surface area contributed by atoms with Crippen molar-refractivity contribution in [3.8, 4) is 0 Å². The molecule has 0 radical (unpaired) electrons. The summed E-state index contributed by atoms with van der Waals surface area (Å²) in [5.41, 5.74) is 0.194. The van der Waals surface area contributed by atoms with Crippen molar-refractivity contribution in [1.82, 2.24) is 0 Å². The molecule has 0 saturated heterocycles. The SMILES string of the molecule is O=c1oc(=O)c2ccc3c4ccccc4oc4ccc1c2c43. The zero-order chi connectivity index (χ0) is 14.8. The number of hydrogen-bond acceptors (Lipinski definition) is 4. The summed E-state index contributed by atoms with van der Waals surface area (Å²) in [5.74, 6) is 0. The molecule has 0 spiro atoms. The first kappa shape index (κ1) is 11.5. The second-order valence-corrected chi connectivity index (χ2v) is 5.30. The molecule has 2 heterocycles. The van der Waals surface area contributed by atoms with E-state index in [9.17, 15) is 9.59 Å². The molecule has 4 heteroatoms. The third-order valence-electron chi connectivity index (χ3n) is 4.14. The van der Waals surface area contributed by atoms with E-state index in [1.807, 2.05) is 30.3 Å². The lowest BCUT2D eigenvalue weighted by Gasteiger charge is -2.10. The van der Waals surface area contributed by atoms with Crippen LogP contribution in [0.25, 0.3) is 43.5 Å². The van der Waals surface area contributed by atoms with Crippen LogP contribution in [-0.2, 0) is 0 Å². The smallest absolute Gasteiger partial charge is 0.346 e. The summed E-state index contributed by atoms with van der Waals surface area (Å²) < 4.78 is 10.7. The van der Waals surface area contributed by atoms with Gasteiger partial charge in [-0.25, -0.2) is 9.59 Å². The third-order valence-corrected chi connectivity index (χ3v) is 4.14. The van der Waals surface area contributed by atoms with E-state index in [0.29, 0.717) is 21.7 Å². The van der Waals surface area contributed by atoms with E-state index in [1.54, 1.807) is 18.2 Å². The van der Waals surface area contributed by atoms with Crippen molar-refractivity contribution >= 4 is 43.5 Å². The molecule has 3 aromatic carbocycles. The largest absolute Gasteiger partial charge is 0.456 e. The fourth-order valence-electron chi connectivity index (χ4n) is 3.20. The summed E-state index contributed by atoms with van der Waals surface area (Å²) in [6.07, 6.45) is 0. The molecule has 22 heavy (non-hydrogen) atoms. The average Bonchev–Trinajstić information content (AvgIpc) is 2.54. The van der Waals surface area contributed by atoms with Crippen molar-refractivity contribution < 1.29 is 8.83 Å². The van der Waals surface area contributed by atoms with Crippen molar-refractivity contribution in [2.24, 2.45) is 0 Å². The van der Waals surface area contributed by atoms with Gasteiger partial charge in [0.15, 0.2) is 0 Å². The molecule has 0 amide bonds. The quantitative estimate of drug-likeness (QED) is 0.322. The Morgan fingerprint density at radius 3 is 2.05 bits per heavy atom. The lowest BCUT2D eigenvalue weighted by atomic mass is 9.97. The van der Waals surface area contributed by atoms with Crippen LogP contribution in [0.1, 0.15) is 0 Å². The van der Waals surface area contributed by atoms with Gasteiger partial charge in [-0.15, -0.1) is 0 Å². The second-order valence-electron chi connectivity index (χ2n) is 5.30. The highest BCUT2D eigenvalue weighted by Gasteiger charge is 2.16. The standard InChI is InChI=1S/C18H8O4/c19-17-11-6-5-10-9-3-1-2-4-13(9)21-14-8-7-12(18(20)22-17)15(11)16(10)14/h1-8H. The van der Waals surface area contributed by atoms with E-state index in [4.69, 9.17) is 8.83 Å². The Morgan fingerprint density at radius 1 is 0.545 bits per heavy atom. The molecule has 0 atom stereocenters. The number of rotatable bonds is 0. The third kappa shape index (κ3) is 1.27. The molecule has 2 aromatic heterocycles. The molecule has 5 rings (SSSR count). The molecule has 0 bridgehead atoms. The first-order valence-electron chi connectivity index (χ1n) is 6.87. The van der Waals surface area contributed by atoms with Crippen LogP contribution in [0.15, 0.2) is 67.0 Å². The molecule has 0 unspecified atom stereocenters. The minimum atomic E-state index is -0.611. The van der Waals surface area contributed by atoms with Crippen LogP contribution in [0.2, 0.25) is 0 Å². The van der Waals surface area contributed by atoms with Gasteiger partial charge >= 0.3 is 11.3 Å². The summed E-state index contributed by atoms with van der Waals surface area (Å²) in [4.78, 5) is 23.9. The number of fused-ring (bicyclic) bond motifs is 2. The summed E-state index contributed by atoms with van der Waals surface area (Å²) in [7, 11) is 0. The molecule has 0 fully saturated rings. The second kappa shape index (κ2) is 3.74. The Hall–Kier alpha value is -3.14. The van der Waals surface area contributed by atoms with Gasteiger partial charge in [-0.05, 0) is 29.7 Å². The van der Waals surface area contributed by atoms with E-state index in [0.717, 1.165) is 21.7 Å². The normalized spacial score (nSPS) is 12.0. The van der Waals surface area contributed by atoms with E-state index in [-0.39, 0.29) is 0 Å². The highest BCUT2D eigenvalue weighted by atomic mass is 16.4. The van der Waals surface area contributed by atoms with Crippen molar-refractivity contribution in [2.45, 2.75) is 0 Å². The van der Waals surface area contributed by atoms with Gasteiger partial charge in [-0.1, -0.05) is 24.3 Å². The maximum atomic E-state index is 12.0. The number of hydrogen-bond donors (Lipinski definition) is 0. The van der Waals surface area contributed by atoms with Crippen LogP contribution in [0.5, 0.6) is 0 Å². The van der Waals surface area contributed by atoms with Gasteiger partial charge in [0, 0.05) is 16.2 Å². The molecular weight excluding hydrogens is 280 g/mol. The number of para-hydroxylation sites is 1. The summed E-state index contributed by atoms with van der Waals surface area (Å²) in [6, 6.07) is 14.7. The fourth-order valence-corrected chi connectivity index (χ4v) is 3.20. The predicted octanol–water partition coefficient (Wildman–Crippen LogP) is 3.64. The van der Waals surface area contributed by atoms with Gasteiger partial charge in [-0.2, -0.15) is 0 Å². The Labute approximate surface area is 122 Å². The average molecular weight is 288 g/mol. The summed E-state index contributed by atoms with van der Waals surface area (Å²) in [5, 5.41) is 4.12. The van der Waals surface area contributed by atoms with Crippen LogP contribution in [0.4, 0.5) is 0 Å². The van der Waals surface area contributed by atoms with Crippen molar-refractivity contribution in [3.05, 3.63) is 69.4 Å². The van der Waals surface area contributed by atoms with Gasteiger partial charge < -0.3 is 8.83 Å². The monoisotopic (exact) mass is 288 g/mol. The molecule has 104 valence electrons. The van der Waals surface area contributed by atoms with Crippen molar-refractivity contribution in [1.29, 1.82) is 0 Å². The Bertz CT molecular complexity index is 1280. The van der Waals surface area contributed by atoms with Crippen molar-refractivity contribution in [2.75, 3.05) is 0 Å². The molecule has 0 N–H and O–H groups in total. The topological polar surface area (TPSA) is 60.4 Å². The van der Waals surface area contributed by atoms with E-state index in [1.165, 1.54) is 0 Å². The van der Waals surface area contributed by atoms with Gasteiger partial charge in [0.1, 0.15) is 11.2 Å². The highest BCUT2D eigenvalue weighted by molar-refractivity contribution is 6.25. The minimum Gasteiger partial charge on any atom is -0.456 e. The van der Waals surface area contributed by atoms with E-state index < -0.39 is 11.3 Å². The lowest BCUT2D eigenvalue weighted by Crippen LogP contribution is -2.12. The number of benzene rings is 3. The highest BCUT2D eigenvalue weighted by Crippen LogP contribution is 2.36. The van der Waals surface area contributed by atoms with Crippen LogP contribution in [0, 0.1) is 0 Å². The molecular formula is C18H8O4. The fraction of sp³-hybridized carbons (Fsp3) is 0. The maximum absolute atomic E-state index is 12.0. The van der Waals surface area contributed by atoms with Crippen LogP contribution < -0.4 is 11.3 Å². The van der Waals surface area contributed by atoms with Gasteiger partial charge in [0.05, 0.1) is 10.8 Å². The summed E-state index contributed by atoms with van der Waals surface area (Å²) >= 11 is 0. The van der Waals surface area contributed by atoms with Crippen LogP contribution >= 0.6 is 0 Å². The van der Waals surface area contributed by atoms with Gasteiger partial charge in [0.25, 0.3) is 0 Å². The first-order valence-corrected chi connectivity index (χ1v) is 6.87. The Morgan fingerprint density at radius 2 is 1.23 bits per heavy atom. The zero-order valence-electron chi connectivity index (χ0n) is 11.3. The van der Waals surface area contributed by atoms with Gasteiger partial charge in [0.2, 0.25) is 0 Å². The van der Waals surface area contributed by atoms with Crippen molar-refractivity contribution in [3.63, 3.8) is 0 Å². The van der Waals surface area contributed by atoms with E-state index >= 15 is 0 Å². The molecule has 0 aliphatic rings. The van der Waals surface area contributed by atoms with Crippen LogP contribution in [-0.4, -0.2) is 0 Å². The maximum Gasteiger partial charge on any atom is 0.346 e. The molecule has 0 aliphatic carbocycles. The predicted molar refractivity (Wildman–Crippen MR) is 84.7 cm³/mol. The van der Waals surface area contributed by atoms with Crippen LogP contribution in [0.3, 0.4) is 0 Å².